The number of nitrogens with one attached hydrogen (secondary N) is 2. The maximum atomic E-state index is 11.8. The largest absolute Gasteiger partial charge is 0.382 e. The fourth-order valence-corrected chi connectivity index (χ4v) is 2.60. The van der Waals surface area contributed by atoms with Gasteiger partial charge in [0.1, 0.15) is 4.90 Å². The zero-order chi connectivity index (χ0) is 13.7. The summed E-state index contributed by atoms with van der Waals surface area (Å²) in [6, 6.07) is 8.66. The molecule has 0 aliphatic rings. The summed E-state index contributed by atoms with van der Waals surface area (Å²) >= 11 is 0. The lowest BCUT2D eigenvalue weighted by Gasteiger charge is -2.11. The third-order valence-corrected chi connectivity index (χ3v) is 4.13. The summed E-state index contributed by atoms with van der Waals surface area (Å²) in [5.74, 6) is 0. The first-order valence-corrected chi connectivity index (χ1v) is 7.35. The van der Waals surface area contributed by atoms with Gasteiger partial charge >= 0.3 is 0 Å². The molecule has 1 aromatic carbocycles. The first-order chi connectivity index (χ1) is 9.13. The van der Waals surface area contributed by atoms with E-state index in [1.807, 2.05) is 12.3 Å². The molecular weight excluding hydrogens is 264 g/mol. The van der Waals surface area contributed by atoms with Crippen LogP contribution in [0.15, 0.2) is 47.6 Å². The fraction of sp³-hybridized carbons (Fsp3) is 0.250. The smallest absolute Gasteiger partial charge is 0.242 e. The molecule has 0 spiro atoms. The number of para-hydroxylation sites is 1. The van der Waals surface area contributed by atoms with E-state index < -0.39 is 10.0 Å². The summed E-state index contributed by atoms with van der Waals surface area (Å²) in [4.78, 5) is 0.248. The van der Waals surface area contributed by atoms with Crippen molar-refractivity contribution in [2.75, 3.05) is 18.9 Å². The molecule has 1 heterocycles. The van der Waals surface area contributed by atoms with Crippen molar-refractivity contribution < 1.29 is 8.42 Å². The lowest BCUT2D eigenvalue weighted by Crippen LogP contribution is -2.21. The molecule has 102 valence electrons. The Morgan fingerprint density at radius 1 is 1.26 bits per heavy atom. The van der Waals surface area contributed by atoms with E-state index in [1.165, 1.54) is 7.05 Å². The Bertz CT molecular complexity index is 623. The van der Waals surface area contributed by atoms with Gasteiger partial charge in [-0.1, -0.05) is 12.1 Å². The molecule has 0 aliphatic carbocycles. The quantitative estimate of drug-likeness (QED) is 0.824. The molecule has 2 N–H and O–H groups in total. The van der Waals surface area contributed by atoms with Crippen molar-refractivity contribution in [1.82, 2.24) is 14.5 Å². The molecule has 0 amide bonds. The van der Waals surface area contributed by atoms with Gasteiger partial charge in [0.15, 0.2) is 0 Å². The number of anilines is 1. The van der Waals surface area contributed by atoms with Gasteiger partial charge in [0, 0.05) is 18.9 Å². The van der Waals surface area contributed by atoms with Crippen LogP contribution < -0.4 is 10.0 Å². The highest BCUT2D eigenvalue weighted by Gasteiger charge is 2.15. The van der Waals surface area contributed by atoms with Gasteiger partial charge in [-0.3, -0.25) is 4.68 Å². The number of benzene rings is 1. The van der Waals surface area contributed by atoms with E-state index in [0.717, 1.165) is 0 Å². The number of nitrogens with zero attached hydrogens (tertiary/aromatic N) is 2. The highest BCUT2D eigenvalue weighted by Crippen LogP contribution is 2.19. The standard InChI is InChI=1S/C12H16N4O2S/c1-13-19(17,18)12-6-3-2-5-11(12)14-8-10-16-9-4-7-15-16/h2-7,9,13-14H,8,10H2,1H3. The number of hydrogen-bond donors (Lipinski definition) is 2. The second-order valence-corrected chi connectivity index (χ2v) is 5.75. The molecule has 0 fully saturated rings. The summed E-state index contributed by atoms with van der Waals surface area (Å²) in [5.41, 5.74) is 0.587. The zero-order valence-electron chi connectivity index (χ0n) is 10.6. The van der Waals surface area contributed by atoms with E-state index in [4.69, 9.17) is 0 Å². The molecule has 0 atom stereocenters. The number of sulfonamides is 1. The zero-order valence-corrected chi connectivity index (χ0v) is 11.4. The molecule has 0 saturated carbocycles. The lowest BCUT2D eigenvalue weighted by molar-refractivity contribution is 0.588. The van der Waals surface area contributed by atoms with E-state index in [9.17, 15) is 8.42 Å². The number of rotatable bonds is 6. The highest BCUT2D eigenvalue weighted by atomic mass is 32.2. The molecule has 2 aromatic rings. The van der Waals surface area contributed by atoms with Gasteiger partial charge in [-0.15, -0.1) is 0 Å². The van der Waals surface area contributed by atoms with Crippen molar-refractivity contribution in [1.29, 1.82) is 0 Å². The van der Waals surface area contributed by atoms with Gasteiger partial charge in [-0.05, 0) is 25.2 Å². The van der Waals surface area contributed by atoms with E-state index in [2.05, 4.69) is 15.1 Å². The van der Waals surface area contributed by atoms with Crippen molar-refractivity contribution in [2.24, 2.45) is 0 Å². The Balaban J connectivity index is 2.08. The Kier molecular flexibility index (Phi) is 4.18. The molecule has 0 bridgehead atoms. The average molecular weight is 280 g/mol. The maximum absolute atomic E-state index is 11.8. The van der Waals surface area contributed by atoms with Crippen LogP contribution in [0.3, 0.4) is 0 Å². The SMILES string of the molecule is CNS(=O)(=O)c1ccccc1NCCn1cccn1. The molecule has 6 nitrogen and oxygen atoms in total. The maximum Gasteiger partial charge on any atom is 0.242 e. The van der Waals surface area contributed by atoms with Crippen molar-refractivity contribution in [2.45, 2.75) is 11.4 Å². The summed E-state index contributed by atoms with van der Waals surface area (Å²) in [7, 11) is -2.05. The van der Waals surface area contributed by atoms with E-state index >= 15 is 0 Å². The predicted molar refractivity (Wildman–Crippen MR) is 73.4 cm³/mol. The highest BCUT2D eigenvalue weighted by molar-refractivity contribution is 7.89. The van der Waals surface area contributed by atoms with Gasteiger partial charge in [-0.2, -0.15) is 5.10 Å². The van der Waals surface area contributed by atoms with Crippen molar-refractivity contribution in [3.8, 4) is 0 Å². The summed E-state index contributed by atoms with van der Waals surface area (Å²) in [6.07, 6.45) is 3.57. The van der Waals surface area contributed by atoms with E-state index in [1.54, 1.807) is 35.1 Å². The summed E-state index contributed by atoms with van der Waals surface area (Å²) in [6.45, 7) is 1.26. The molecule has 0 radical (unpaired) electrons. The van der Waals surface area contributed by atoms with Crippen LogP contribution >= 0.6 is 0 Å². The topological polar surface area (TPSA) is 76.0 Å². The van der Waals surface area contributed by atoms with E-state index in [0.29, 0.717) is 18.8 Å². The molecule has 0 aliphatic heterocycles. The molecule has 1 aromatic heterocycles. The van der Waals surface area contributed by atoms with Crippen LogP contribution in [0.1, 0.15) is 0 Å². The normalized spacial score (nSPS) is 11.4. The minimum absolute atomic E-state index is 0.248. The molecular formula is C12H16N4O2S. The van der Waals surface area contributed by atoms with E-state index in [-0.39, 0.29) is 4.90 Å². The minimum atomic E-state index is -3.45. The van der Waals surface area contributed by atoms with Crippen molar-refractivity contribution in [3.63, 3.8) is 0 Å². The molecule has 0 saturated heterocycles. The Labute approximate surface area is 112 Å². The van der Waals surface area contributed by atoms with Crippen LogP contribution in [-0.4, -0.2) is 31.8 Å². The van der Waals surface area contributed by atoms with Crippen molar-refractivity contribution >= 4 is 15.7 Å². The van der Waals surface area contributed by atoms with Crippen LogP contribution in [0.25, 0.3) is 0 Å². The lowest BCUT2D eigenvalue weighted by atomic mass is 10.3. The average Bonchev–Trinajstić information content (AvgIpc) is 2.92. The van der Waals surface area contributed by atoms with Crippen LogP contribution in [0, 0.1) is 0 Å². The van der Waals surface area contributed by atoms with Gasteiger partial charge in [-0.25, -0.2) is 13.1 Å². The Morgan fingerprint density at radius 3 is 2.74 bits per heavy atom. The number of hydrogen-bond acceptors (Lipinski definition) is 4. The Hall–Kier alpha value is -1.86. The first kappa shape index (κ1) is 13.6. The minimum Gasteiger partial charge on any atom is -0.382 e. The second-order valence-electron chi connectivity index (χ2n) is 3.90. The predicted octanol–water partition coefficient (Wildman–Crippen LogP) is 0.903. The van der Waals surface area contributed by atoms with Crippen molar-refractivity contribution in [3.05, 3.63) is 42.7 Å². The third kappa shape index (κ3) is 3.33. The third-order valence-electron chi connectivity index (χ3n) is 2.66. The van der Waals surface area contributed by atoms with Crippen LogP contribution in [-0.2, 0) is 16.6 Å². The van der Waals surface area contributed by atoms with Gasteiger partial charge in [0.25, 0.3) is 0 Å². The monoisotopic (exact) mass is 280 g/mol. The van der Waals surface area contributed by atoms with Crippen LogP contribution in [0.4, 0.5) is 5.69 Å². The first-order valence-electron chi connectivity index (χ1n) is 5.87. The summed E-state index contributed by atoms with van der Waals surface area (Å²) in [5, 5.41) is 7.19. The Morgan fingerprint density at radius 2 is 2.05 bits per heavy atom. The summed E-state index contributed by atoms with van der Waals surface area (Å²) < 4.78 is 27.8. The molecule has 2 rings (SSSR count). The van der Waals surface area contributed by atoms with Gasteiger partial charge in [0.2, 0.25) is 10.0 Å². The molecule has 0 unspecified atom stereocenters. The van der Waals surface area contributed by atoms with Gasteiger partial charge in [0.05, 0.1) is 12.2 Å². The number of aromatic nitrogens is 2. The van der Waals surface area contributed by atoms with Crippen LogP contribution in [0.2, 0.25) is 0 Å². The second kappa shape index (κ2) is 5.85. The van der Waals surface area contributed by atoms with Crippen LogP contribution in [0.5, 0.6) is 0 Å². The molecule has 19 heavy (non-hydrogen) atoms. The fourth-order valence-electron chi connectivity index (χ4n) is 1.69. The van der Waals surface area contributed by atoms with Gasteiger partial charge < -0.3 is 5.32 Å². The molecule has 7 heteroatoms.